The van der Waals surface area contributed by atoms with E-state index in [1.165, 1.54) is 0 Å². The van der Waals surface area contributed by atoms with Gasteiger partial charge in [-0.2, -0.15) is 0 Å². The van der Waals surface area contributed by atoms with Crippen molar-refractivity contribution in [2.24, 2.45) is 11.8 Å². The van der Waals surface area contributed by atoms with Crippen LogP contribution in [0.3, 0.4) is 0 Å². The minimum atomic E-state index is -0.495. The molecule has 0 radical (unpaired) electrons. The molecule has 118 valence electrons. The van der Waals surface area contributed by atoms with E-state index in [4.69, 9.17) is 9.47 Å². The van der Waals surface area contributed by atoms with Gasteiger partial charge >= 0.3 is 11.9 Å². The van der Waals surface area contributed by atoms with Crippen LogP contribution in [0.15, 0.2) is 0 Å². The van der Waals surface area contributed by atoms with E-state index in [2.05, 4.69) is 6.92 Å². The molecular weight excluding hydrogens is 256 g/mol. The van der Waals surface area contributed by atoms with Gasteiger partial charge in [0.05, 0.1) is 12.5 Å². The predicted octanol–water partition coefficient (Wildman–Crippen LogP) is 3.72. The van der Waals surface area contributed by atoms with Gasteiger partial charge in [0.1, 0.15) is 5.60 Å². The van der Waals surface area contributed by atoms with Gasteiger partial charge in [-0.15, -0.1) is 0 Å². The van der Waals surface area contributed by atoms with Crippen LogP contribution in [-0.2, 0) is 19.1 Å². The normalized spacial score (nSPS) is 14.5. The van der Waals surface area contributed by atoms with Crippen LogP contribution in [-0.4, -0.2) is 24.1 Å². The molecule has 0 saturated carbocycles. The number of hydrogen-bond acceptors (Lipinski definition) is 4. The quantitative estimate of drug-likeness (QED) is 0.638. The third kappa shape index (κ3) is 8.18. The number of carbonyl (C=O) groups is 2. The maximum Gasteiger partial charge on any atom is 0.309 e. The first kappa shape index (κ1) is 18.9. The van der Waals surface area contributed by atoms with E-state index in [1.807, 2.05) is 27.7 Å². The summed E-state index contributed by atoms with van der Waals surface area (Å²) in [7, 11) is 0. The van der Waals surface area contributed by atoms with E-state index >= 15 is 0 Å². The lowest BCUT2D eigenvalue weighted by Gasteiger charge is -2.26. The van der Waals surface area contributed by atoms with Gasteiger partial charge in [-0.1, -0.05) is 26.7 Å². The van der Waals surface area contributed by atoms with Crippen molar-refractivity contribution >= 4 is 11.9 Å². The van der Waals surface area contributed by atoms with E-state index in [-0.39, 0.29) is 30.2 Å². The maximum absolute atomic E-state index is 12.1. The maximum atomic E-state index is 12.1. The molecule has 0 bridgehead atoms. The molecule has 0 heterocycles. The highest BCUT2D eigenvalue weighted by Gasteiger charge is 2.30. The number of ether oxygens (including phenoxy) is 2. The molecule has 0 saturated heterocycles. The van der Waals surface area contributed by atoms with Gasteiger partial charge in [-0.25, -0.2) is 0 Å². The Hall–Kier alpha value is -1.06. The lowest BCUT2D eigenvalue weighted by molar-refractivity contribution is -0.162. The van der Waals surface area contributed by atoms with Crippen molar-refractivity contribution in [2.45, 2.75) is 72.8 Å². The van der Waals surface area contributed by atoms with E-state index in [0.717, 1.165) is 19.3 Å². The Kier molecular flexibility index (Phi) is 8.51. The van der Waals surface area contributed by atoms with Crippen LogP contribution in [0.5, 0.6) is 0 Å². The highest BCUT2D eigenvalue weighted by Crippen LogP contribution is 2.25. The summed E-state index contributed by atoms with van der Waals surface area (Å²) in [4.78, 5) is 23.8. The van der Waals surface area contributed by atoms with Gasteiger partial charge in [0.25, 0.3) is 0 Å². The van der Waals surface area contributed by atoms with Crippen molar-refractivity contribution in [3.63, 3.8) is 0 Å². The lowest BCUT2D eigenvalue weighted by atomic mass is 9.86. The zero-order valence-electron chi connectivity index (χ0n) is 13.8. The topological polar surface area (TPSA) is 52.6 Å². The SMILES string of the molecule is CCCC[C@H](CC(=O)OCC)[C@@H](C)C(=O)OC(C)(C)C. The van der Waals surface area contributed by atoms with E-state index in [9.17, 15) is 9.59 Å². The Morgan fingerprint density at radius 2 is 1.75 bits per heavy atom. The van der Waals surface area contributed by atoms with Crippen LogP contribution in [0.2, 0.25) is 0 Å². The summed E-state index contributed by atoms with van der Waals surface area (Å²) >= 11 is 0. The molecule has 0 aliphatic heterocycles. The van der Waals surface area contributed by atoms with Gasteiger partial charge in [-0.3, -0.25) is 9.59 Å². The molecule has 4 heteroatoms. The first-order chi connectivity index (χ1) is 9.21. The lowest BCUT2D eigenvalue weighted by Crippen LogP contribution is -2.32. The molecule has 0 aromatic heterocycles. The average Bonchev–Trinajstić information content (AvgIpc) is 2.31. The molecule has 0 aliphatic rings. The number of unbranched alkanes of at least 4 members (excludes halogenated alkanes) is 1. The molecule has 0 N–H and O–H groups in total. The molecular formula is C16H30O4. The molecule has 0 amide bonds. The molecule has 0 spiro atoms. The summed E-state index contributed by atoms with van der Waals surface area (Å²) in [6, 6.07) is 0. The largest absolute Gasteiger partial charge is 0.466 e. The molecule has 20 heavy (non-hydrogen) atoms. The second kappa shape index (κ2) is 8.98. The van der Waals surface area contributed by atoms with Gasteiger partial charge in [0.2, 0.25) is 0 Å². The molecule has 2 atom stereocenters. The van der Waals surface area contributed by atoms with Crippen molar-refractivity contribution in [3.8, 4) is 0 Å². The highest BCUT2D eigenvalue weighted by atomic mass is 16.6. The monoisotopic (exact) mass is 286 g/mol. The third-order valence-electron chi connectivity index (χ3n) is 3.15. The van der Waals surface area contributed by atoms with Crippen LogP contribution >= 0.6 is 0 Å². The molecule has 0 aromatic rings. The first-order valence-corrected chi connectivity index (χ1v) is 7.59. The van der Waals surface area contributed by atoms with Gasteiger partial charge < -0.3 is 9.47 Å². The summed E-state index contributed by atoms with van der Waals surface area (Å²) in [6.45, 7) is 11.7. The average molecular weight is 286 g/mol. The minimum Gasteiger partial charge on any atom is -0.466 e. The Bertz CT molecular complexity index is 304. The number of rotatable bonds is 8. The Morgan fingerprint density at radius 3 is 2.20 bits per heavy atom. The van der Waals surface area contributed by atoms with Crippen LogP contribution in [0.25, 0.3) is 0 Å². The summed E-state index contributed by atoms with van der Waals surface area (Å²) < 4.78 is 10.4. The molecule has 0 unspecified atom stereocenters. The zero-order valence-corrected chi connectivity index (χ0v) is 13.8. The zero-order chi connectivity index (χ0) is 15.8. The molecule has 0 aliphatic carbocycles. The summed E-state index contributed by atoms with van der Waals surface area (Å²) in [6.07, 6.45) is 3.17. The van der Waals surface area contributed by atoms with Crippen molar-refractivity contribution in [1.82, 2.24) is 0 Å². The molecule has 0 fully saturated rings. The van der Waals surface area contributed by atoms with Crippen LogP contribution in [0.1, 0.15) is 67.2 Å². The number of carbonyl (C=O) groups excluding carboxylic acids is 2. The predicted molar refractivity (Wildman–Crippen MR) is 79.3 cm³/mol. The fourth-order valence-corrected chi connectivity index (χ4v) is 2.02. The molecule has 0 aromatic carbocycles. The smallest absolute Gasteiger partial charge is 0.309 e. The van der Waals surface area contributed by atoms with E-state index in [1.54, 1.807) is 6.92 Å². The second-order valence-electron chi connectivity index (χ2n) is 6.23. The highest BCUT2D eigenvalue weighted by molar-refractivity contribution is 5.75. The Morgan fingerprint density at radius 1 is 1.15 bits per heavy atom. The Labute approximate surface area is 123 Å². The van der Waals surface area contributed by atoms with Crippen molar-refractivity contribution in [3.05, 3.63) is 0 Å². The Balaban J connectivity index is 4.65. The van der Waals surface area contributed by atoms with Gasteiger partial charge in [0.15, 0.2) is 0 Å². The summed E-state index contributed by atoms with van der Waals surface area (Å²) in [5.74, 6) is -0.763. The van der Waals surface area contributed by atoms with Crippen LogP contribution in [0.4, 0.5) is 0 Å². The number of hydrogen-bond donors (Lipinski definition) is 0. The van der Waals surface area contributed by atoms with Gasteiger partial charge in [0, 0.05) is 6.42 Å². The van der Waals surface area contributed by atoms with Crippen LogP contribution < -0.4 is 0 Å². The molecule has 4 nitrogen and oxygen atoms in total. The van der Waals surface area contributed by atoms with Crippen molar-refractivity contribution < 1.29 is 19.1 Å². The standard InChI is InChI=1S/C16H30O4/c1-7-9-10-13(11-14(17)19-8-2)12(3)15(18)20-16(4,5)6/h12-13H,7-11H2,1-6H3/t12-,13-/m1/s1. The van der Waals surface area contributed by atoms with E-state index < -0.39 is 5.60 Å². The summed E-state index contributed by atoms with van der Waals surface area (Å²) in [5.41, 5.74) is -0.495. The third-order valence-corrected chi connectivity index (χ3v) is 3.15. The first-order valence-electron chi connectivity index (χ1n) is 7.59. The van der Waals surface area contributed by atoms with Crippen LogP contribution in [0, 0.1) is 11.8 Å². The minimum absolute atomic E-state index is 0.0103. The molecule has 0 rings (SSSR count). The van der Waals surface area contributed by atoms with Crippen molar-refractivity contribution in [2.75, 3.05) is 6.61 Å². The fraction of sp³-hybridized carbons (Fsp3) is 0.875. The summed E-state index contributed by atoms with van der Waals surface area (Å²) in [5, 5.41) is 0. The van der Waals surface area contributed by atoms with Gasteiger partial charge in [-0.05, 0) is 40.0 Å². The second-order valence-corrected chi connectivity index (χ2v) is 6.23. The fourth-order valence-electron chi connectivity index (χ4n) is 2.02. The van der Waals surface area contributed by atoms with Crippen molar-refractivity contribution in [1.29, 1.82) is 0 Å². The number of esters is 2. The van der Waals surface area contributed by atoms with E-state index in [0.29, 0.717) is 6.61 Å².